The van der Waals surface area contributed by atoms with Crippen molar-refractivity contribution in [2.24, 2.45) is 0 Å². The SMILES string of the molecule is C#CC(C)(O)CC/C=C(\C)CO. The lowest BCUT2D eigenvalue weighted by Crippen LogP contribution is -2.20. The van der Waals surface area contributed by atoms with Gasteiger partial charge in [-0.05, 0) is 26.7 Å². The smallest absolute Gasteiger partial charge is 0.122 e. The van der Waals surface area contributed by atoms with E-state index < -0.39 is 5.60 Å². The van der Waals surface area contributed by atoms with E-state index in [9.17, 15) is 5.11 Å². The molecule has 0 heterocycles. The largest absolute Gasteiger partial charge is 0.392 e. The Labute approximate surface area is 73.9 Å². The van der Waals surface area contributed by atoms with Gasteiger partial charge in [-0.1, -0.05) is 17.6 Å². The Morgan fingerprint density at radius 1 is 1.67 bits per heavy atom. The summed E-state index contributed by atoms with van der Waals surface area (Å²) in [6, 6.07) is 0. The van der Waals surface area contributed by atoms with Gasteiger partial charge in [0, 0.05) is 0 Å². The Kier molecular flexibility index (Phi) is 4.65. The zero-order valence-electron chi connectivity index (χ0n) is 7.67. The first-order valence-corrected chi connectivity index (χ1v) is 3.98. The lowest BCUT2D eigenvalue weighted by molar-refractivity contribution is 0.113. The van der Waals surface area contributed by atoms with Crippen molar-refractivity contribution in [3.05, 3.63) is 11.6 Å². The maximum atomic E-state index is 9.38. The summed E-state index contributed by atoms with van der Waals surface area (Å²) in [7, 11) is 0. The number of aliphatic hydroxyl groups is 2. The minimum Gasteiger partial charge on any atom is -0.392 e. The van der Waals surface area contributed by atoms with Crippen molar-refractivity contribution < 1.29 is 10.2 Å². The van der Waals surface area contributed by atoms with Gasteiger partial charge in [0.15, 0.2) is 0 Å². The summed E-state index contributed by atoms with van der Waals surface area (Å²) in [5.41, 5.74) is -0.116. The molecule has 12 heavy (non-hydrogen) atoms. The van der Waals surface area contributed by atoms with Crippen LogP contribution in [-0.2, 0) is 0 Å². The second kappa shape index (κ2) is 4.97. The predicted molar refractivity (Wildman–Crippen MR) is 49.5 cm³/mol. The molecule has 2 heteroatoms. The van der Waals surface area contributed by atoms with Crippen molar-refractivity contribution in [2.75, 3.05) is 6.61 Å². The molecule has 2 nitrogen and oxygen atoms in total. The molecular formula is C10H16O2. The summed E-state index contributed by atoms with van der Waals surface area (Å²) in [6.45, 7) is 3.51. The number of allylic oxidation sites excluding steroid dienone is 1. The first-order chi connectivity index (χ1) is 5.52. The van der Waals surface area contributed by atoms with Gasteiger partial charge in [-0.25, -0.2) is 0 Å². The fraction of sp³-hybridized carbons (Fsp3) is 0.600. The van der Waals surface area contributed by atoms with E-state index in [4.69, 9.17) is 11.5 Å². The molecule has 0 saturated heterocycles. The number of hydrogen-bond donors (Lipinski definition) is 2. The highest BCUT2D eigenvalue weighted by molar-refractivity contribution is 5.06. The van der Waals surface area contributed by atoms with Crippen LogP contribution in [0.3, 0.4) is 0 Å². The van der Waals surface area contributed by atoms with E-state index in [0.29, 0.717) is 12.8 Å². The minimum absolute atomic E-state index is 0.0677. The van der Waals surface area contributed by atoms with E-state index in [1.807, 2.05) is 13.0 Å². The number of aliphatic hydroxyl groups excluding tert-OH is 1. The van der Waals surface area contributed by atoms with Crippen LogP contribution in [0.5, 0.6) is 0 Å². The van der Waals surface area contributed by atoms with E-state index in [-0.39, 0.29) is 6.61 Å². The topological polar surface area (TPSA) is 40.5 Å². The monoisotopic (exact) mass is 168 g/mol. The van der Waals surface area contributed by atoms with Crippen molar-refractivity contribution in [1.29, 1.82) is 0 Å². The highest BCUT2D eigenvalue weighted by Gasteiger charge is 2.14. The quantitative estimate of drug-likeness (QED) is 0.487. The summed E-state index contributed by atoms with van der Waals surface area (Å²) in [5, 5.41) is 18.0. The standard InChI is InChI=1S/C10H16O2/c1-4-10(3,12)7-5-6-9(2)8-11/h1,6,11-12H,5,7-8H2,2-3H3/b9-6+. The highest BCUT2D eigenvalue weighted by Crippen LogP contribution is 2.11. The van der Waals surface area contributed by atoms with Gasteiger partial charge in [0.1, 0.15) is 5.60 Å². The molecule has 0 radical (unpaired) electrons. The molecule has 1 atom stereocenters. The number of hydrogen-bond acceptors (Lipinski definition) is 2. The second-order valence-corrected chi connectivity index (χ2v) is 3.17. The molecule has 0 aromatic rings. The molecule has 0 spiro atoms. The summed E-state index contributed by atoms with van der Waals surface area (Å²) >= 11 is 0. The Morgan fingerprint density at radius 3 is 2.67 bits per heavy atom. The molecular weight excluding hydrogens is 152 g/mol. The third kappa shape index (κ3) is 4.95. The van der Waals surface area contributed by atoms with Crippen LogP contribution in [0.2, 0.25) is 0 Å². The number of terminal acetylenes is 1. The molecule has 0 fully saturated rings. The van der Waals surface area contributed by atoms with Crippen LogP contribution in [-0.4, -0.2) is 22.4 Å². The average Bonchev–Trinajstić information content (AvgIpc) is 2.04. The molecule has 0 aromatic heterocycles. The Bertz CT molecular complexity index is 196. The average molecular weight is 168 g/mol. The molecule has 0 aliphatic rings. The normalized spacial score (nSPS) is 16.8. The maximum absolute atomic E-state index is 9.38. The first kappa shape index (κ1) is 11.2. The van der Waals surface area contributed by atoms with Crippen LogP contribution in [0.1, 0.15) is 26.7 Å². The van der Waals surface area contributed by atoms with Crippen LogP contribution < -0.4 is 0 Å². The lowest BCUT2D eigenvalue weighted by atomic mass is 10.0. The molecule has 2 N–H and O–H groups in total. The number of rotatable bonds is 4. The van der Waals surface area contributed by atoms with Gasteiger partial charge in [0.05, 0.1) is 6.61 Å². The molecule has 68 valence electrons. The molecule has 0 aromatic carbocycles. The van der Waals surface area contributed by atoms with Crippen molar-refractivity contribution in [3.8, 4) is 12.3 Å². The molecule has 0 aliphatic carbocycles. The Balaban J connectivity index is 3.79. The van der Waals surface area contributed by atoms with Gasteiger partial charge >= 0.3 is 0 Å². The minimum atomic E-state index is -1.02. The summed E-state index contributed by atoms with van der Waals surface area (Å²) in [6.07, 6.45) is 8.19. The molecule has 0 saturated carbocycles. The molecule has 1 unspecified atom stereocenters. The lowest BCUT2D eigenvalue weighted by Gasteiger charge is -2.14. The van der Waals surface area contributed by atoms with E-state index in [0.717, 1.165) is 5.57 Å². The highest BCUT2D eigenvalue weighted by atomic mass is 16.3. The third-order valence-electron chi connectivity index (χ3n) is 1.68. The van der Waals surface area contributed by atoms with E-state index >= 15 is 0 Å². The van der Waals surface area contributed by atoms with Crippen LogP contribution in [0.4, 0.5) is 0 Å². The van der Waals surface area contributed by atoms with Gasteiger partial charge in [-0.2, -0.15) is 0 Å². The van der Waals surface area contributed by atoms with E-state index in [1.165, 1.54) is 0 Å². The zero-order chi connectivity index (χ0) is 9.61. The van der Waals surface area contributed by atoms with Gasteiger partial charge in [0.25, 0.3) is 0 Å². The molecule has 0 bridgehead atoms. The third-order valence-corrected chi connectivity index (χ3v) is 1.68. The maximum Gasteiger partial charge on any atom is 0.122 e. The van der Waals surface area contributed by atoms with Crippen LogP contribution in [0.25, 0.3) is 0 Å². The fourth-order valence-electron chi connectivity index (χ4n) is 0.736. The van der Waals surface area contributed by atoms with Gasteiger partial charge in [-0.15, -0.1) is 6.42 Å². The fourth-order valence-corrected chi connectivity index (χ4v) is 0.736. The van der Waals surface area contributed by atoms with Crippen LogP contribution in [0, 0.1) is 12.3 Å². The van der Waals surface area contributed by atoms with Crippen molar-refractivity contribution >= 4 is 0 Å². The van der Waals surface area contributed by atoms with Crippen molar-refractivity contribution in [1.82, 2.24) is 0 Å². The summed E-state index contributed by atoms with van der Waals surface area (Å²) in [4.78, 5) is 0. The predicted octanol–water partition coefficient (Wildman–Crippen LogP) is 1.09. The van der Waals surface area contributed by atoms with E-state index in [2.05, 4.69) is 5.92 Å². The molecule has 0 amide bonds. The van der Waals surface area contributed by atoms with E-state index in [1.54, 1.807) is 6.92 Å². The van der Waals surface area contributed by atoms with Crippen molar-refractivity contribution in [3.63, 3.8) is 0 Å². The van der Waals surface area contributed by atoms with Gasteiger partial charge in [-0.3, -0.25) is 0 Å². The van der Waals surface area contributed by atoms with Gasteiger partial charge in [0.2, 0.25) is 0 Å². The second-order valence-electron chi connectivity index (χ2n) is 3.17. The Morgan fingerprint density at radius 2 is 2.25 bits per heavy atom. The molecule has 0 aliphatic heterocycles. The Hall–Kier alpha value is -0.780. The van der Waals surface area contributed by atoms with Crippen LogP contribution >= 0.6 is 0 Å². The van der Waals surface area contributed by atoms with Crippen LogP contribution in [0.15, 0.2) is 11.6 Å². The zero-order valence-corrected chi connectivity index (χ0v) is 7.67. The summed E-state index contributed by atoms with van der Waals surface area (Å²) in [5.74, 6) is 2.30. The van der Waals surface area contributed by atoms with Crippen molar-refractivity contribution in [2.45, 2.75) is 32.3 Å². The molecule has 0 rings (SSSR count). The first-order valence-electron chi connectivity index (χ1n) is 3.98. The van der Waals surface area contributed by atoms with Gasteiger partial charge < -0.3 is 10.2 Å². The summed E-state index contributed by atoms with van der Waals surface area (Å²) < 4.78 is 0.